The molecule has 1 N–H and O–H groups in total. The van der Waals surface area contributed by atoms with Crippen LogP contribution in [0.3, 0.4) is 0 Å². The van der Waals surface area contributed by atoms with Gasteiger partial charge in [-0.05, 0) is 43.4 Å². The summed E-state index contributed by atoms with van der Waals surface area (Å²) in [5, 5.41) is 3.43. The third-order valence-corrected chi connectivity index (χ3v) is 3.99. The van der Waals surface area contributed by atoms with Crippen molar-refractivity contribution in [1.82, 2.24) is 5.32 Å². The van der Waals surface area contributed by atoms with Gasteiger partial charge in [0, 0.05) is 19.8 Å². The lowest BCUT2D eigenvalue weighted by molar-refractivity contribution is 0.0154. The molecule has 1 aromatic rings. The van der Waals surface area contributed by atoms with E-state index >= 15 is 0 Å². The Morgan fingerprint density at radius 1 is 1.39 bits per heavy atom. The quantitative estimate of drug-likeness (QED) is 0.909. The third-order valence-electron chi connectivity index (χ3n) is 3.70. The Labute approximate surface area is 112 Å². The van der Waals surface area contributed by atoms with Crippen LogP contribution in [-0.2, 0) is 11.2 Å². The number of halogens is 2. The zero-order valence-corrected chi connectivity index (χ0v) is 11.4. The first kappa shape index (κ1) is 13.8. The van der Waals surface area contributed by atoms with Gasteiger partial charge in [-0.25, -0.2) is 4.39 Å². The Kier molecular flexibility index (Phi) is 4.60. The number of hydrogen-bond acceptors (Lipinski definition) is 2. The second-order valence-electron chi connectivity index (χ2n) is 5.03. The summed E-state index contributed by atoms with van der Waals surface area (Å²) in [5.41, 5.74) is 0.790. The van der Waals surface area contributed by atoms with E-state index in [0.717, 1.165) is 32.6 Å². The van der Waals surface area contributed by atoms with E-state index < -0.39 is 0 Å². The Balaban J connectivity index is 2.20. The molecular weight excluding hydrogens is 253 g/mol. The van der Waals surface area contributed by atoms with E-state index in [9.17, 15) is 4.39 Å². The highest BCUT2D eigenvalue weighted by Crippen LogP contribution is 2.35. The molecule has 0 atom stereocenters. The normalized spacial score (nSPS) is 18.8. The van der Waals surface area contributed by atoms with Gasteiger partial charge in [0.1, 0.15) is 5.82 Å². The van der Waals surface area contributed by atoms with Crippen LogP contribution in [0.15, 0.2) is 18.2 Å². The summed E-state index contributed by atoms with van der Waals surface area (Å²) in [4.78, 5) is 0. The lowest BCUT2D eigenvalue weighted by Gasteiger charge is -2.37. The number of ether oxygens (including phenoxy) is 1. The minimum atomic E-state index is -0.277. The van der Waals surface area contributed by atoms with Crippen molar-refractivity contribution < 1.29 is 9.13 Å². The van der Waals surface area contributed by atoms with Gasteiger partial charge in [-0.15, -0.1) is 0 Å². The summed E-state index contributed by atoms with van der Waals surface area (Å²) in [5.74, 6) is -0.277. The van der Waals surface area contributed by atoms with Gasteiger partial charge in [-0.1, -0.05) is 23.7 Å². The molecule has 18 heavy (non-hydrogen) atoms. The van der Waals surface area contributed by atoms with Crippen molar-refractivity contribution in [3.8, 4) is 0 Å². The maximum Gasteiger partial charge on any atom is 0.144 e. The van der Waals surface area contributed by atoms with Crippen LogP contribution in [0.4, 0.5) is 4.39 Å². The first-order chi connectivity index (χ1) is 8.67. The topological polar surface area (TPSA) is 21.3 Å². The van der Waals surface area contributed by atoms with Gasteiger partial charge in [0.2, 0.25) is 0 Å². The van der Waals surface area contributed by atoms with Crippen molar-refractivity contribution in [3.05, 3.63) is 34.6 Å². The van der Waals surface area contributed by atoms with Gasteiger partial charge in [-0.2, -0.15) is 0 Å². The highest BCUT2D eigenvalue weighted by atomic mass is 35.5. The molecule has 4 heteroatoms. The summed E-state index contributed by atoms with van der Waals surface area (Å²) in [7, 11) is 1.94. The Hall–Kier alpha value is -0.640. The van der Waals surface area contributed by atoms with Crippen molar-refractivity contribution in [2.24, 2.45) is 5.41 Å². The molecule has 0 amide bonds. The van der Waals surface area contributed by atoms with Crippen LogP contribution < -0.4 is 5.32 Å². The predicted octanol–water partition coefficient (Wildman–Crippen LogP) is 3.04. The molecule has 0 saturated carbocycles. The lowest BCUT2D eigenvalue weighted by atomic mass is 9.75. The average molecular weight is 272 g/mol. The van der Waals surface area contributed by atoms with E-state index in [1.54, 1.807) is 6.07 Å². The van der Waals surface area contributed by atoms with Crippen LogP contribution in [-0.4, -0.2) is 26.8 Å². The zero-order chi connectivity index (χ0) is 13.0. The summed E-state index contributed by atoms with van der Waals surface area (Å²) in [6.45, 7) is 2.38. The summed E-state index contributed by atoms with van der Waals surface area (Å²) < 4.78 is 19.4. The molecule has 2 rings (SSSR count). The molecule has 1 aliphatic rings. The molecule has 0 aliphatic carbocycles. The molecular formula is C14H19ClFNO. The second kappa shape index (κ2) is 6.00. The molecule has 100 valence electrons. The zero-order valence-electron chi connectivity index (χ0n) is 10.6. The summed E-state index contributed by atoms with van der Waals surface area (Å²) in [6, 6.07) is 5.23. The van der Waals surface area contributed by atoms with Crippen molar-refractivity contribution in [1.29, 1.82) is 0 Å². The highest BCUT2D eigenvalue weighted by molar-refractivity contribution is 6.30. The van der Waals surface area contributed by atoms with Gasteiger partial charge >= 0.3 is 0 Å². The third kappa shape index (κ3) is 3.02. The van der Waals surface area contributed by atoms with Crippen molar-refractivity contribution >= 4 is 11.6 Å². The first-order valence-electron chi connectivity index (χ1n) is 6.32. The Morgan fingerprint density at radius 3 is 2.78 bits per heavy atom. The Morgan fingerprint density at radius 2 is 2.11 bits per heavy atom. The van der Waals surface area contributed by atoms with E-state index in [4.69, 9.17) is 16.3 Å². The standard InChI is InChI=1S/C14H19ClFNO/c1-17-10-14(5-7-18-8-6-14)9-11-3-2-4-12(15)13(11)16/h2-4,17H,5-10H2,1H3. The Bertz CT molecular complexity index is 399. The fourth-order valence-electron chi connectivity index (χ4n) is 2.68. The molecule has 1 aromatic carbocycles. The van der Waals surface area contributed by atoms with Gasteiger partial charge in [-0.3, -0.25) is 0 Å². The molecule has 0 radical (unpaired) electrons. The van der Waals surface area contributed by atoms with Gasteiger partial charge in [0.05, 0.1) is 5.02 Å². The van der Waals surface area contributed by atoms with Crippen molar-refractivity contribution in [2.75, 3.05) is 26.8 Å². The average Bonchev–Trinajstić information content (AvgIpc) is 2.36. The smallest absolute Gasteiger partial charge is 0.144 e. The minimum Gasteiger partial charge on any atom is -0.381 e. The minimum absolute atomic E-state index is 0.0819. The second-order valence-corrected chi connectivity index (χ2v) is 5.44. The largest absolute Gasteiger partial charge is 0.381 e. The lowest BCUT2D eigenvalue weighted by Crippen LogP contribution is -2.40. The van der Waals surface area contributed by atoms with Crippen molar-refractivity contribution in [3.63, 3.8) is 0 Å². The fraction of sp³-hybridized carbons (Fsp3) is 0.571. The molecule has 0 unspecified atom stereocenters. The molecule has 2 nitrogen and oxygen atoms in total. The molecule has 1 aliphatic heterocycles. The molecule has 1 heterocycles. The van der Waals surface area contributed by atoms with E-state index in [-0.39, 0.29) is 16.3 Å². The molecule has 1 fully saturated rings. The molecule has 0 bridgehead atoms. The molecule has 1 saturated heterocycles. The monoisotopic (exact) mass is 271 g/mol. The van der Waals surface area contributed by atoms with Crippen LogP contribution in [0.25, 0.3) is 0 Å². The highest BCUT2D eigenvalue weighted by Gasteiger charge is 2.33. The van der Waals surface area contributed by atoms with Crippen LogP contribution in [0.2, 0.25) is 5.02 Å². The number of rotatable bonds is 4. The van der Waals surface area contributed by atoms with E-state index in [1.807, 2.05) is 19.2 Å². The van der Waals surface area contributed by atoms with Gasteiger partial charge in [0.15, 0.2) is 0 Å². The van der Waals surface area contributed by atoms with E-state index in [1.165, 1.54) is 0 Å². The summed E-state index contributed by atoms with van der Waals surface area (Å²) in [6.07, 6.45) is 2.63. The van der Waals surface area contributed by atoms with Gasteiger partial charge in [0.25, 0.3) is 0 Å². The van der Waals surface area contributed by atoms with E-state index in [2.05, 4.69) is 5.32 Å². The van der Waals surface area contributed by atoms with E-state index in [0.29, 0.717) is 12.0 Å². The van der Waals surface area contributed by atoms with Crippen LogP contribution in [0, 0.1) is 11.2 Å². The summed E-state index contributed by atoms with van der Waals surface area (Å²) >= 11 is 5.84. The van der Waals surface area contributed by atoms with Crippen molar-refractivity contribution in [2.45, 2.75) is 19.3 Å². The number of hydrogen-bond donors (Lipinski definition) is 1. The fourth-order valence-corrected chi connectivity index (χ4v) is 2.88. The van der Waals surface area contributed by atoms with Crippen LogP contribution in [0.5, 0.6) is 0 Å². The SMILES string of the molecule is CNCC1(Cc2cccc(Cl)c2F)CCOCC1. The number of nitrogens with one attached hydrogen (secondary N) is 1. The molecule has 0 aromatic heterocycles. The molecule has 0 spiro atoms. The van der Waals surface area contributed by atoms with Crippen LogP contribution in [0.1, 0.15) is 18.4 Å². The maximum atomic E-state index is 14.0. The predicted molar refractivity (Wildman–Crippen MR) is 71.5 cm³/mol. The van der Waals surface area contributed by atoms with Crippen LogP contribution >= 0.6 is 11.6 Å². The first-order valence-corrected chi connectivity index (χ1v) is 6.70. The maximum absolute atomic E-state index is 14.0. The van der Waals surface area contributed by atoms with Gasteiger partial charge < -0.3 is 10.1 Å². The number of benzene rings is 1.